The monoisotopic (exact) mass is 363 g/mol. The first kappa shape index (κ1) is 15.6. The first-order chi connectivity index (χ1) is 11.9. The predicted octanol–water partition coefficient (Wildman–Crippen LogP) is 0.0707. The van der Waals surface area contributed by atoms with Crippen LogP contribution in [0.5, 0.6) is 0 Å². The zero-order chi connectivity index (χ0) is 17.8. The third-order valence-corrected chi connectivity index (χ3v) is 5.65. The van der Waals surface area contributed by atoms with Gasteiger partial charge in [-0.2, -0.15) is 14.8 Å². The van der Waals surface area contributed by atoms with Crippen LogP contribution in [0.1, 0.15) is 23.2 Å². The Hall–Kier alpha value is -2.95. The number of hydrogen-bond acceptors (Lipinski definition) is 6. The topological polar surface area (TPSA) is 134 Å². The number of aliphatic carboxylic acids is 1. The lowest BCUT2D eigenvalue weighted by Gasteiger charge is -2.23. The summed E-state index contributed by atoms with van der Waals surface area (Å²) in [6, 6.07) is 3.28. The minimum atomic E-state index is -3.90. The molecule has 1 atom stereocenters. The number of likely N-dealkylation sites (tertiary alicyclic amines) is 1. The molecule has 2 aromatic rings. The quantitative estimate of drug-likeness (QED) is 0.771. The maximum absolute atomic E-state index is 12.7. The smallest absolute Gasteiger partial charge is 0.326 e. The number of carboxylic acids is 1. The molecule has 1 aromatic carbocycles. The van der Waals surface area contributed by atoms with Gasteiger partial charge in [0.2, 0.25) is 5.95 Å². The number of sulfonamides is 1. The summed E-state index contributed by atoms with van der Waals surface area (Å²) in [6.45, 7) is 0.325. The number of fused-ring (bicyclic) bond motifs is 3. The van der Waals surface area contributed by atoms with Gasteiger partial charge in [-0.25, -0.2) is 17.9 Å². The first-order valence-electron chi connectivity index (χ1n) is 7.49. The molecule has 2 aliphatic heterocycles. The molecule has 0 radical (unpaired) electrons. The molecule has 1 aromatic heterocycles. The number of carbonyl (C=O) groups is 2. The number of benzene rings is 1. The van der Waals surface area contributed by atoms with Gasteiger partial charge in [0.05, 0.1) is 5.69 Å². The minimum Gasteiger partial charge on any atom is -0.480 e. The molecule has 1 unspecified atom stereocenters. The van der Waals surface area contributed by atoms with Gasteiger partial charge in [-0.3, -0.25) is 4.79 Å². The molecule has 0 bridgehead atoms. The maximum Gasteiger partial charge on any atom is 0.326 e. The standard InChI is InChI=1S/C14H13N5O5S/c20-12(18-5-1-2-10(18)13(21)22)8-3-4-9-11(6-8)25(23,24)17-14-15-7-16-19(9)14/h3-4,6-7,10H,1-2,5H2,(H,21,22)(H,15,16,17). The van der Waals surface area contributed by atoms with E-state index in [1.165, 1.54) is 34.1 Å². The molecular weight excluding hydrogens is 350 g/mol. The van der Waals surface area contributed by atoms with Crippen molar-refractivity contribution >= 4 is 27.8 Å². The van der Waals surface area contributed by atoms with Crippen molar-refractivity contribution in [1.29, 1.82) is 0 Å². The van der Waals surface area contributed by atoms with Crippen LogP contribution in [0, 0.1) is 0 Å². The Labute approximate surface area is 142 Å². The molecule has 3 heterocycles. The fourth-order valence-corrected chi connectivity index (χ4v) is 4.33. The highest BCUT2D eigenvalue weighted by molar-refractivity contribution is 7.93. The summed E-state index contributed by atoms with van der Waals surface area (Å²) in [5.41, 5.74) is 0.389. The van der Waals surface area contributed by atoms with Crippen molar-refractivity contribution in [3.8, 4) is 5.69 Å². The van der Waals surface area contributed by atoms with E-state index in [0.717, 1.165) is 0 Å². The van der Waals surface area contributed by atoms with Gasteiger partial charge < -0.3 is 10.0 Å². The van der Waals surface area contributed by atoms with E-state index in [2.05, 4.69) is 14.8 Å². The van der Waals surface area contributed by atoms with E-state index >= 15 is 0 Å². The molecule has 2 aliphatic rings. The highest BCUT2D eigenvalue weighted by Crippen LogP contribution is 2.30. The van der Waals surface area contributed by atoms with Crippen LogP contribution in [0.15, 0.2) is 29.4 Å². The molecule has 1 saturated heterocycles. The number of nitrogens with zero attached hydrogens (tertiary/aromatic N) is 4. The van der Waals surface area contributed by atoms with Gasteiger partial charge in [0.1, 0.15) is 17.3 Å². The Morgan fingerprint density at radius 2 is 2.12 bits per heavy atom. The Morgan fingerprint density at radius 1 is 1.32 bits per heavy atom. The normalized spacial score (nSPS) is 20.5. The second-order valence-electron chi connectivity index (χ2n) is 5.78. The number of carboxylic acid groups (broad SMARTS) is 1. The Morgan fingerprint density at radius 3 is 2.88 bits per heavy atom. The highest BCUT2D eigenvalue weighted by Gasteiger charge is 2.36. The van der Waals surface area contributed by atoms with Crippen molar-refractivity contribution in [2.75, 3.05) is 11.3 Å². The van der Waals surface area contributed by atoms with Crippen LogP contribution in [0.4, 0.5) is 5.95 Å². The number of aromatic nitrogens is 3. The zero-order valence-corrected chi connectivity index (χ0v) is 13.6. The van der Waals surface area contributed by atoms with Crippen LogP contribution in [0.3, 0.4) is 0 Å². The largest absolute Gasteiger partial charge is 0.480 e. The van der Waals surface area contributed by atoms with Gasteiger partial charge in [0.15, 0.2) is 0 Å². The number of nitrogens with one attached hydrogen (secondary N) is 1. The third-order valence-electron chi connectivity index (χ3n) is 4.30. The van der Waals surface area contributed by atoms with E-state index < -0.39 is 27.9 Å². The van der Waals surface area contributed by atoms with E-state index in [-0.39, 0.29) is 22.1 Å². The van der Waals surface area contributed by atoms with Crippen molar-refractivity contribution in [2.45, 2.75) is 23.8 Å². The molecule has 10 nitrogen and oxygen atoms in total. The van der Waals surface area contributed by atoms with E-state index in [4.69, 9.17) is 0 Å². The van der Waals surface area contributed by atoms with E-state index in [9.17, 15) is 23.1 Å². The van der Waals surface area contributed by atoms with Gasteiger partial charge in [0, 0.05) is 12.1 Å². The second kappa shape index (κ2) is 5.28. The van der Waals surface area contributed by atoms with Crippen LogP contribution >= 0.6 is 0 Å². The molecule has 0 saturated carbocycles. The Balaban J connectivity index is 1.77. The fourth-order valence-electron chi connectivity index (χ4n) is 3.13. The zero-order valence-electron chi connectivity index (χ0n) is 12.8. The van der Waals surface area contributed by atoms with E-state index in [1.54, 1.807) is 0 Å². The second-order valence-corrected chi connectivity index (χ2v) is 7.43. The van der Waals surface area contributed by atoms with Crippen molar-refractivity contribution in [2.24, 2.45) is 0 Å². The van der Waals surface area contributed by atoms with Crippen molar-refractivity contribution in [3.63, 3.8) is 0 Å². The molecule has 1 fully saturated rings. The Kier molecular flexibility index (Phi) is 3.29. The van der Waals surface area contributed by atoms with E-state index in [0.29, 0.717) is 19.4 Å². The molecule has 25 heavy (non-hydrogen) atoms. The minimum absolute atomic E-state index is 0.0667. The highest BCUT2D eigenvalue weighted by atomic mass is 32.2. The number of rotatable bonds is 2. The Bertz CT molecular complexity index is 999. The van der Waals surface area contributed by atoms with Crippen molar-refractivity contribution in [1.82, 2.24) is 19.7 Å². The van der Waals surface area contributed by atoms with Gasteiger partial charge in [-0.05, 0) is 31.0 Å². The summed E-state index contributed by atoms with van der Waals surface area (Å²) < 4.78 is 28.4. The van der Waals surface area contributed by atoms with Crippen LogP contribution < -0.4 is 4.72 Å². The lowest BCUT2D eigenvalue weighted by molar-refractivity contribution is -0.141. The summed E-state index contributed by atoms with van der Waals surface area (Å²) in [5.74, 6) is -1.50. The molecule has 2 N–H and O–H groups in total. The summed E-state index contributed by atoms with van der Waals surface area (Å²) in [7, 11) is -3.90. The third kappa shape index (κ3) is 2.35. The predicted molar refractivity (Wildman–Crippen MR) is 83.9 cm³/mol. The molecule has 0 spiro atoms. The van der Waals surface area contributed by atoms with E-state index in [1.807, 2.05) is 0 Å². The molecule has 0 aliphatic carbocycles. The molecule has 4 rings (SSSR count). The first-order valence-corrected chi connectivity index (χ1v) is 8.98. The summed E-state index contributed by atoms with van der Waals surface area (Å²) in [6.07, 6.45) is 2.19. The van der Waals surface area contributed by atoms with Gasteiger partial charge >= 0.3 is 5.97 Å². The number of carbonyl (C=O) groups excluding carboxylic acids is 1. The number of anilines is 1. The maximum atomic E-state index is 12.7. The van der Waals surface area contributed by atoms with Crippen LogP contribution in [-0.4, -0.2) is 57.7 Å². The molecule has 130 valence electrons. The van der Waals surface area contributed by atoms with Crippen LogP contribution in [-0.2, 0) is 14.8 Å². The fraction of sp³-hybridized carbons (Fsp3) is 0.286. The average molecular weight is 363 g/mol. The lowest BCUT2D eigenvalue weighted by Crippen LogP contribution is -2.40. The summed E-state index contributed by atoms with van der Waals surface area (Å²) in [5, 5.41) is 13.2. The van der Waals surface area contributed by atoms with Crippen LogP contribution in [0.2, 0.25) is 0 Å². The molecule has 11 heteroatoms. The number of hydrogen-bond donors (Lipinski definition) is 2. The van der Waals surface area contributed by atoms with Crippen molar-refractivity contribution in [3.05, 3.63) is 30.1 Å². The van der Waals surface area contributed by atoms with Gasteiger partial charge in [-0.15, -0.1) is 0 Å². The van der Waals surface area contributed by atoms with Gasteiger partial charge in [-0.1, -0.05) is 0 Å². The van der Waals surface area contributed by atoms with Crippen LogP contribution in [0.25, 0.3) is 5.69 Å². The number of amides is 1. The summed E-state index contributed by atoms with van der Waals surface area (Å²) in [4.78, 5) is 28.9. The summed E-state index contributed by atoms with van der Waals surface area (Å²) >= 11 is 0. The average Bonchev–Trinajstić information content (AvgIpc) is 3.22. The SMILES string of the molecule is O=C(O)C1CCCN1C(=O)c1ccc2c(c1)S(=O)(=O)Nc1ncnn1-2. The molecular formula is C14H13N5O5S. The molecule has 1 amide bonds. The van der Waals surface area contributed by atoms with Gasteiger partial charge in [0.25, 0.3) is 15.9 Å². The lowest BCUT2D eigenvalue weighted by atomic mass is 10.1. The van der Waals surface area contributed by atoms with Crippen molar-refractivity contribution < 1.29 is 23.1 Å².